The molecule has 0 radical (unpaired) electrons. The topological polar surface area (TPSA) is 44.8 Å². The fourth-order valence-electron chi connectivity index (χ4n) is 1.41. The highest BCUT2D eigenvalue weighted by Gasteiger charge is 2.13. The molecule has 20 heavy (non-hydrogen) atoms. The van der Waals surface area contributed by atoms with E-state index >= 15 is 0 Å². The summed E-state index contributed by atoms with van der Waals surface area (Å²) in [6.45, 7) is 7.36. The van der Waals surface area contributed by atoms with Crippen molar-refractivity contribution in [3.05, 3.63) is 29.6 Å². The van der Waals surface area contributed by atoms with Gasteiger partial charge in [0.2, 0.25) is 0 Å². The highest BCUT2D eigenvalue weighted by atomic mass is 28.3. The summed E-state index contributed by atoms with van der Waals surface area (Å²) in [6.07, 6.45) is 0. The van der Waals surface area contributed by atoms with Crippen LogP contribution in [-0.2, 0) is 9.47 Å². The SMILES string of the molecule is COC(=O)c1ccc(OCOCC[Si](C)(C)C)c(F)c1. The largest absolute Gasteiger partial charge is 0.465 e. The molecule has 1 aromatic rings. The van der Waals surface area contributed by atoms with Gasteiger partial charge in [0.05, 0.1) is 12.7 Å². The van der Waals surface area contributed by atoms with Gasteiger partial charge in [-0.2, -0.15) is 0 Å². The van der Waals surface area contributed by atoms with Crippen molar-refractivity contribution in [2.24, 2.45) is 0 Å². The third-order valence-corrected chi connectivity index (χ3v) is 4.35. The second-order valence-corrected chi connectivity index (χ2v) is 11.2. The molecule has 0 fully saturated rings. The summed E-state index contributed by atoms with van der Waals surface area (Å²) >= 11 is 0. The van der Waals surface area contributed by atoms with Crippen LogP contribution in [0.1, 0.15) is 10.4 Å². The Morgan fingerprint density at radius 3 is 2.55 bits per heavy atom. The number of carbonyl (C=O) groups excluding carboxylic acids is 1. The predicted molar refractivity (Wildman–Crippen MR) is 77.3 cm³/mol. The zero-order valence-corrected chi connectivity index (χ0v) is 13.4. The molecule has 0 heterocycles. The number of hydrogen-bond donors (Lipinski definition) is 0. The lowest BCUT2D eigenvalue weighted by atomic mass is 10.2. The summed E-state index contributed by atoms with van der Waals surface area (Å²) in [4.78, 5) is 11.2. The van der Waals surface area contributed by atoms with E-state index in [9.17, 15) is 9.18 Å². The van der Waals surface area contributed by atoms with Gasteiger partial charge < -0.3 is 14.2 Å². The van der Waals surface area contributed by atoms with Crippen LogP contribution in [0, 0.1) is 5.82 Å². The minimum Gasteiger partial charge on any atom is -0.465 e. The van der Waals surface area contributed by atoms with Gasteiger partial charge in [0.25, 0.3) is 0 Å². The number of methoxy groups -OCH3 is 1. The van der Waals surface area contributed by atoms with E-state index in [1.165, 1.54) is 19.2 Å². The van der Waals surface area contributed by atoms with Gasteiger partial charge in [-0.3, -0.25) is 0 Å². The van der Waals surface area contributed by atoms with Crippen LogP contribution in [0.4, 0.5) is 4.39 Å². The number of ether oxygens (including phenoxy) is 3. The molecule has 0 atom stereocenters. The zero-order chi connectivity index (χ0) is 15.2. The molecule has 0 bridgehead atoms. The van der Waals surface area contributed by atoms with Crippen LogP contribution in [0.3, 0.4) is 0 Å². The van der Waals surface area contributed by atoms with E-state index in [2.05, 4.69) is 24.4 Å². The van der Waals surface area contributed by atoms with Crippen molar-refractivity contribution in [2.45, 2.75) is 25.7 Å². The number of hydrogen-bond acceptors (Lipinski definition) is 4. The second kappa shape index (κ2) is 7.40. The standard InChI is InChI=1S/C14H21FO4Si/c1-17-14(16)11-5-6-13(12(15)9-11)19-10-18-7-8-20(2,3)4/h5-6,9H,7-8,10H2,1-4H3. The molecule has 6 heteroatoms. The second-order valence-electron chi connectivity index (χ2n) is 5.62. The van der Waals surface area contributed by atoms with E-state index in [1.54, 1.807) is 0 Å². The smallest absolute Gasteiger partial charge is 0.337 e. The molecule has 0 unspecified atom stereocenters. The van der Waals surface area contributed by atoms with Crippen molar-refractivity contribution < 1.29 is 23.4 Å². The number of rotatable bonds is 7. The van der Waals surface area contributed by atoms with E-state index in [0.717, 1.165) is 12.1 Å². The van der Waals surface area contributed by atoms with Crippen LogP contribution in [0.5, 0.6) is 5.75 Å². The van der Waals surface area contributed by atoms with E-state index in [1.807, 2.05) is 0 Å². The maximum atomic E-state index is 13.7. The first-order valence-corrected chi connectivity index (χ1v) is 10.1. The highest BCUT2D eigenvalue weighted by molar-refractivity contribution is 6.76. The van der Waals surface area contributed by atoms with Crippen molar-refractivity contribution in [3.8, 4) is 5.75 Å². The maximum Gasteiger partial charge on any atom is 0.337 e. The van der Waals surface area contributed by atoms with E-state index in [-0.39, 0.29) is 18.1 Å². The molecule has 1 rings (SSSR count). The van der Waals surface area contributed by atoms with Crippen LogP contribution in [-0.4, -0.2) is 34.6 Å². The molecule has 0 saturated heterocycles. The van der Waals surface area contributed by atoms with E-state index < -0.39 is 19.9 Å². The molecule has 112 valence electrons. The minimum absolute atomic E-state index is 0.00102. The Kier molecular flexibility index (Phi) is 6.16. The zero-order valence-electron chi connectivity index (χ0n) is 12.4. The highest BCUT2D eigenvalue weighted by Crippen LogP contribution is 2.19. The predicted octanol–water partition coefficient (Wildman–Crippen LogP) is 3.30. The fraction of sp³-hybridized carbons (Fsp3) is 0.500. The van der Waals surface area contributed by atoms with Gasteiger partial charge in [0.1, 0.15) is 0 Å². The summed E-state index contributed by atoms with van der Waals surface area (Å²) < 4.78 is 28.7. The first-order valence-electron chi connectivity index (χ1n) is 6.42. The average Bonchev–Trinajstić information content (AvgIpc) is 2.37. The van der Waals surface area contributed by atoms with Crippen LogP contribution >= 0.6 is 0 Å². The summed E-state index contributed by atoms with van der Waals surface area (Å²) in [7, 11) is 0.119. The molecule has 0 aliphatic heterocycles. The molecule has 0 aliphatic carbocycles. The lowest BCUT2D eigenvalue weighted by molar-refractivity contribution is 0.0197. The van der Waals surface area contributed by atoms with Gasteiger partial charge in [-0.1, -0.05) is 19.6 Å². The van der Waals surface area contributed by atoms with Crippen LogP contribution < -0.4 is 4.74 Å². The Labute approximate surface area is 119 Å². The molecule has 4 nitrogen and oxygen atoms in total. The third-order valence-electron chi connectivity index (χ3n) is 2.65. The number of halogens is 1. The Balaban J connectivity index is 2.43. The molecule has 0 N–H and O–H groups in total. The Morgan fingerprint density at radius 2 is 2.00 bits per heavy atom. The third kappa shape index (κ3) is 5.71. The first-order chi connectivity index (χ1) is 9.33. The van der Waals surface area contributed by atoms with Gasteiger partial charge in [-0.05, 0) is 24.2 Å². The van der Waals surface area contributed by atoms with E-state index in [0.29, 0.717) is 6.61 Å². The van der Waals surface area contributed by atoms with Crippen molar-refractivity contribution in [3.63, 3.8) is 0 Å². The monoisotopic (exact) mass is 300 g/mol. The minimum atomic E-state index is -1.13. The summed E-state index contributed by atoms with van der Waals surface area (Å²) in [5.74, 6) is -1.13. The molecule has 0 aliphatic rings. The quantitative estimate of drug-likeness (QED) is 0.335. The molecule has 0 saturated carbocycles. The van der Waals surface area contributed by atoms with Crippen LogP contribution in [0.25, 0.3) is 0 Å². The Morgan fingerprint density at radius 1 is 1.30 bits per heavy atom. The Hall–Kier alpha value is -1.40. The molecular formula is C14H21FO4Si. The van der Waals surface area contributed by atoms with Crippen molar-refractivity contribution in [1.82, 2.24) is 0 Å². The van der Waals surface area contributed by atoms with Gasteiger partial charge in [-0.25, -0.2) is 9.18 Å². The normalized spacial score (nSPS) is 11.2. The van der Waals surface area contributed by atoms with Crippen molar-refractivity contribution in [1.29, 1.82) is 0 Å². The molecule has 0 amide bonds. The molecule has 1 aromatic carbocycles. The van der Waals surface area contributed by atoms with Gasteiger partial charge in [0.15, 0.2) is 18.4 Å². The van der Waals surface area contributed by atoms with Crippen LogP contribution in [0.15, 0.2) is 18.2 Å². The summed E-state index contributed by atoms with van der Waals surface area (Å²) in [6, 6.07) is 4.96. The van der Waals surface area contributed by atoms with Gasteiger partial charge >= 0.3 is 5.97 Å². The van der Waals surface area contributed by atoms with Gasteiger partial charge in [0, 0.05) is 14.7 Å². The first kappa shape index (κ1) is 16.7. The Bertz CT molecular complexity index is 457. The average molecular weight is 300 g/mol. The molecule has 0 spiro atoms. The van der Waals surface area contributed by atoms with Crippen molar-refractivity contribution >= 4 is 14.0 Å². The number of benzene rings is 1. The summed E-state index contributed by atoms with van der Waals surface area (Å²) in [5.41, 5.74) is 0.150. The van der Waals surface area contributed by atoms with Gasteiger partial charge in [-0.15, -0.1) is 0 Å². The van der Waals surface area contributed by atoms with E-state index in [4.69, 9.17) is 9.47 Å². The fourth-order valence-corrected chi connectivity index (χ4v) is 2.16. The molecule has 0 aromatic heterocycles. The summed E-state index contributed by atoms with van der Waals surface area (Å²) in [5, 5.41) is 0. The number of carbonyl (C=O) groups is 1. The maximum absolute atomic E-state index is 13.7. The number of esters is 1. The van der Waals surface area contributed by atoms with Crippen molar-refractivity contribution in [2.75, 3.05) is 20.5 Å². The lowest BCUT2D eigenvalue weighted by Gasteiger charge is -2.15. The molecular weight excluding hydrogens is 279 g/mol. The van der Waals surface area contributed by atoms with Crippen LogP contribution in [0.2, 0.25) is 25.7 Å². The lowest BCUT2D eigenvalue weighted by Crippen LogP contribution is -2.22.